The zero-order valence-electron chi connectivity index (χ0n) is 14.9. The fraction of sp³-hybridized carbons (Fsp3) is 0.222. The Labute approximate surface area is 162 Å². The Balaban J connectivity index is 1.70. The van der Waals surface area contributed by atoms with Crippen LogP contribution in [-0.4, -0.2) is 49.2 Å². The molecule has 0 saturated carbocycles. The molecule has 2 N–H and O–H groups in total. The number of hydrogen-bond acceptors (Lipinski definition) is 4. The summed E-state index contributed by atoms with van der Waals surface area (Å²) in [4.78, 5) is 20.1. The molecule has 0 saturated heterocycles. The number of carbonyl (C=O) groups is 1. The normalized spacial score (nSPS) is 11.9. The first-order valence-corrected chi connectivity index (χ1v) is 10.0. The topological polar surface area (TPSA) is 95.2 Å². The summed E-state index contributed by atoms with van der Waals surface area (Å²) in [5.41, 5.74) is 1.91. The van der Waals surface area contributed by atoms with Gasteiger partial charge in [-0.1, -0.05) is 23.7 Å². The fourth-order valence-corrected chi connectivity index (χ4v) is 3.70. The third-order valence-corrected chi connectivity index (χ3v) is 6.19. The first-order chi connectivity index (χ1) is 12.8. The van der Waals surface area contributed by atoms with Gasteiger partial charge in [0.25, 0.3) is 5.91 Å². The number of rotatable bonds is 6. The molecule has 1 amide bonds. The van der Waals surface area contributed by atoms with Crippen molar-refractivity contribution in [3.05, 3.63) is 58.9 Å². The van der Waals surface area contributed by atoms with Gasteiger partial charge in [-0.25, -0.2) is 17.7 Å². The van der Waals surface area contributed by atoms with E-state index in [2.05, 4.69) is 15.3 Å². The summed E-state index contributed by atoms with van der Waals surface area (Å²) >= 11 is 6.08. The molecule has 1 aromatic heterocycles. The van der Waals surface area contributed by atoms with Crippen LogP contribution < -0.4 is 5.32 Å². The van der Waals surface area contributed by atoms with Crippen LogP contribution in [0.5, 0.6) is 0 Å². The van der Waals surface area contributed by atoms with E-state index in [0.717, 1.165) is 21.2 Å². The van der Waals surface area contributed by atoms with E-state index in [1.54, 1.807) is 0 Å². The Bertz CT molecular complexity index is 1060. The molecule has 2 aromatic carbocycles. The molecule has 0 fully saturated rings. The van der Waals surface area contributed by atoms with Crippen LogP contribution in [0.1, 0.15) is 16.2 Å². The maximum Gasteiger partial charge on any atom is 0.252 e. The quantitative estimate of drug-likeness (QED) is 0.657. The average Bonchev–Trinajstić information content (AvgIpc) is 3.04. The molecule has 0 aliphatic rings. The smallest absolute Gasteiger partial charge is 0.252 e. The van der Waals surface area contributed by atoms with E-state index in [1.165, 1.54) is 32.3 Å². The molecule has 0 aliphatic carbocycles. The minimum atomic E-state index is -3.65. The van der Waals surface area contributed by atoms with Gasteiger partial charge < -0.3 is 10.3 Å². The summed E-state index contributed by atoms with van der Waals surface area (Å²) < 4.78 is 25.6. The van der Waals surface area contributed by atoms with Crippen LogP contribution in [0.2, 0.25) is 5.02 Å². The summed E-state index contributed by atoms with van der Waals surface area (Å²) in [7, 11) is -0.793. The second-order valence-electron chi connectivity index (χ2n) is 6.14. The molecule has 1 heterocycles. The lowest BCUT2D eigenvalue weighted by atomic mass is 10.2. The standard InChI is InChI=1S/C18H19ClN4O3S/c1-23(2)27(25,26)12-7-8-14(19)13(11-12)18(24)20-10-9-17-21-15-5-3-4-6-16(15)22-17/h3-8,11H,9-10H2,1-2H3,(H,20,24)(H,21,22). The van der Waals surface area contributed by atoms with Gasteiger partial charge in [-0.2, -0.15) is 0 Å². The van der Waals surface area contributed by atoms with Crippen molar-refractivity contribution < 1.29 is 13.2 Å². The van der Waals surface area contributed by atoms with E-state index < -0.39 is 15.9 Å². The van der Waals surface area contributed by atoms with Gasteiger partial charge in [-0.05, 0) is 30.3 Å². The van der Waals surface area contributed by atoms with Gasteiger partial charge in [0.1, 0.15) is 5.82 Å². The number of sulfonamides is 1. The van der Waals surface area contributed by atoms with Crippen LogP contribution in [0.4, 0.5) is 0 Å². The molecule has 0 atom stereocenters. The largest absolute Gasteiger partial charge is 0.352 e. The van der Waals surface area contributed by atoms with E-state index in [1.807, 2.05) is 24.3 Å². The molecule has 0 radical (unpaired) electrons. The highest BCUT2D eigenvalue weighted by Gasteiger charge is 2.20. The van der Waals surface area contributed by atoms with Crippen molar-refractivity contribution in [1.82, 2.24) is 19.6 Å². The Morgan fingerprint density at radius 3 is 2.67 bits per heavy atom. The third-order valence-electron chi connectivity index (χ3n) is 4.05. The number of hydrogen-bond donors (Lipinski definition) is 2. The Kier molecular flexibility index (Phi) is 5.50. The summed E-state index contributed by atoms with van der Waals surface area (Å²) in [6.07, 6.45) is 0.508. The van der Waals surface area contributed by atoms with Crippen molar-refractivity contribution in [3.63, 3.8) is 0 Å². The third kappa shape index (κ3) is 4.13. The second-order valence-corrected chi connectivity index (χ2v) is 8.69. The van der Waals surface area contributed by atoms with Gasteiger partial charge >= 0.3 is 0 Å². The molecule has 0 unspecified atom stereocenters. The molecule has 0 aliphatic heterocycles. The van der Waals surface area contributed by atoms with Crippen LogP contribution in [0, 0.1) is 0 Å². The number of amides is 1. The zero-order valence-corrected chi connectivity index (χ0v) is 16.4. The first kappa shape index (κ1) is 19.3. The minimum Gasteiger partial charge on any atom is -0.352 e. The fourth-order valence-electron chi connectivity index (χ4n) is 2.56. The van der Waals surface area contributed by atoms with E-state index in [0.29, 0.717) is 13.0 Å². The molecule has 3 aromatic rings. The number of fused-ring (bicyclic) bond motifs is 1. The number of nitrogens with one attached hydrogen (secondary N) is 2. The van der Waals surface area contributed by atoms with Crippen molar-refractivity contribution in [2.75, 3.05) is 20.6 Å². The molecule has 27 heavy (non-hydrogen) atoms. The lowest BCUT2D eigenvalue weighted by molar-refractivity contribution is 0.0954. The zero-order chi connectivity index (χ0) is 19.6. The van der Waals surface area contributed by atoms with Crippen LogP contribution in [0.15, 0.2) is 47.4 Å². The number of halogens is 1. The molecule has 7 nitrogen and oxygen atoms in total. The SMILES string of the molecule is CN(C)S(=O)(=O)c1ccc(Cl)c(C(=O)NCCc2nc3ccccc3[nH]2)c1. The molecule has 142 valence electrons. The highest BCUT2D eigenvalue weighted by molar-refractivity contribution is 7.89. The van der Waals surface area contributed by atoms with E-state index in [4.69, 9.17) is 11.6 Å². The summed E-state index contributed by atoms with van der Waals surface area (Å²) in [6, 6.07) is 11.7. The van der Waals surface area contributed by atoms with Crippen molar-refractivity contribution >= 4 is 38.6 Å². The molecule has 9 heteroatoms. The van der Waals surface area contributed by atoms with Gasteiger partial charge in [0.2, 0.25) is 10.0 Å². The Hall–Kier alpha value is -2.42. The molecule has 0 bridgehead atoms. The van der Waals surface area contributed by atoms with E-state index >= 15 is 0 Å². The van der Waals surface area contributed by atoms with Crippen LogP contribution >= 0.6 is 11.6 Å². The lowest BCUT2D eigenvalue weighted by Gasteiger charge is -2.13. The average molecular weight is 407 g/mol. The number of para-hydroxylation sites is 2. The monoisotopic (exact) mass is 406 g/mol. The predicted octanol–water partition coefficient (Wildman–Crippen LogP) is 2.44. The number of imidazole rings is 1. The van der Waals surface area contributed by atoms with Crippen LogP contribution in [0.3, 0.4) is 0 Å². The Morgan fingerprint density at radius 2 is 1.96 bits per heavy atom. The second kappa shape index (κ2) is 7.67. The maximum absolute atomic E-state index is 12.4. The van der Waals surface area contributed by atoms with Gasteiger partial charge in [0, 0.05) is 27.1 Å². The molecule has 3 rings (SSSR count). The number of benzene rings is 2. The van der Waals surface area contributed by atoms with Crippen LogP contribution in [-0.2, 0) is 16.4 Å². The summed E-state index contributed by atoms with van der Waals surface area (Å²) in [5, 5.41) is 2.94. The van der Waals surface area contributed by atoms with E-state index in [-0.39, 0.29) is 15.5 Å². The number of nitrogens with zero attached hydrogens (tertiary/aromatic N) is 2. The predicted molar refractivity (Wildman–Crippen MR) is 104 cm³/mol. The minimum absolute atomic E-state index is 0.0133. The van der Waals surface area contributed by atoms with Crippen molar-refractivity contribution in [1.29, 1.82) is 0 Å². The number of H-pyrrole nitrogens is 1. The van der Waals surface area contributed by atoms with Crippen molar-refractivity contribution in [2.45, 2.75) is 11.3 Å². The van der Waals surface area contributed by atoms with Gasteiger partial charge in [-0.3, -0.25) is 4.79 Å². The van der Waals surface area contributed by atoms with Crippen LogP contribution in [0.25, 0.3) is 11.0 Å². The summed E-state index contributed by atoms with van der Waals surface area (Å²) in [5.74, 6) is 0.318. The van der Waals surface area contributed by atoms with Gasteiger partial charge in [0.05, 0.1) is 26.5 Å². The maximum atomic E-state index is 12.4. The molecular weight excluding hydrogens is 388 g/mol. The number of carbonyl (C=O) groups excluding carboxylic acids is 1. The summed E-state index contributed by atoms with van der Waals surface area (Å²) in [6.45, 7) is 0.333. The van der Waals surface area contributed by atoms with Crippen molar-refractivity contribution in [3.8, 4) is 0 Å². The first-order valence-electron chi connectivity index (χ1n) is 8.23. The highest BCUT2D eigenvalue weighted by Crippen LogP contribution is 2.22. The molecule has 0 spiro atoms. The molecular formula is C18H19ClN4O3S. The lowest BCUT2D eigenvalue weighted by Crippen LogP contribution is -2.27. The van der Waals surface area contributed by atoms with Gasteiger partial charge in [-0.15, -0.1) is 0 Å². The number of aromatic amines is 1. The highest BCUT2D eigenvalue weighted by atomic mass is 35.5. The Morgan fingerprint density at radius 1 is 1.22 bits per heavy atom. The van der Waals surface area contributed by atoms with E-state index in [9.17, 15) is 13.2 Å². The number of aromatic nitrogens is 2. The van der Waals surface area contributed by atoms with Gasteiger partial charge in [0.15, 0.2) is 0 Å². The van der Waals surface area contributed by atoms with Crippen molar-refractivity contribution in [2.24, 2.45) is 0 Å².